The maximum Gasteiger partial charge on any atom is 0.124 e. The molecule has 1 aromatic carbocycles. The molecule has 2 heteroatoms. The summed E-state index contributed by atoms with van der Waals surface area (Å²) < 4.78 is 5.70. The number of rotatable bonds is 3. The summed E-state index contributed by atoms with van der Waals surface area (Å²) in [7, 11) is 0. The minimum Gasteiger partial charge on any atom is -0.493 e. The molecule has 0 amide bonds. The van der Waals surface area contributed by atoms with Crippen LogP contribution >= 0.6 is 0 Å². The Bertz CT molecular complexity index is 404. The van der Waals surface area contributed by atoms with E-state index in [2.05, 4.69) is 36.5 Å². The second-order valence-electron chi connectivity index (χ2n) is 5.92. The minimum atomic E-state index is 0.492. The summed E-state index contributed by atoms with van der Waals surface area (Å²) in [5, 5.41) is 3.76. The first-order valence-electron chi connectivity index (χ1n) is 7.28. The molecule has 0 spiro atoms. The van der Waals surface area contributed by atoms with Crippen molar-refractivity contribution in [3.8, 4) is 5.75 Å². The Hall–Kier alpha value is -1.02. The molecule has 1 heterocycles. The highest BCUT2D eigenvalue weighted by atomic mass is 16.5. The second-order valence-corrected chi connectivity index (χ2v) is 5.92. The van der Waals surface area contributed by atoms with E-state index in [-0.39, 0.29) is 0 Å². The molecule has 0 radical (unpaired) electrons. The standard InChI is InChI=1S/C16H23NO/c1-12-6-7-13(10-12)11-17-15-8-9-18-16-5-3-2-4-14(15)16/h2-5,12-13,15,17H,6-11H2,1H3. The van der Waals surface area contributed by atoms with Crippen LogP contribution in [0, 0.1) is 11.8 Å². The monoisotopic (exact) mass is 245 g/mol. The summed E-state index contributed by atoms with van der Waals surface area (Å²) in [5.41, 5.74) is 1.34. The molecule has 2 aliphatic rings. The molecule has 3 atom stereocenters. The fourth-order valence-electron chi connectivity index (χ4n) is 3.37. The SMILES string of the molecule is CC1CCC(CNC2CCOc3ccccc32)C1. The Morgan fingerprint density at radius 2 is 2.11 bits per heavy atom. The molecule has 1 fully saturated rings. The summed E-state index contributed by atoms with van der Waals surface area (Å²) in [6.07, 6.45) is 5.31. The lowest BCUT2D eigenvalue weighted by Gasteiger charge is -2.27. The molecular formula is C16H23NO. The van der Waals surface area contributed by atoms with E-state index in [1.165, 1.54) is 31.4 Å². The molecule has 3 unspecified atom stereocenters. The van der Waals surface area contributed by atoms with E-state index < -0.39 is 0 Å². The predicted octanol–water partition coefficient (Wildman–Crippen LogP) is 3.54. The molecule has 2 nitrogen and oxygen atoms in total. The summed E-state index contributed by atoms with van der Waals surface area (Å²) in [6, 6.07) is 8.94. The van der Waals surface area contributed by atoms with Crippen LogP contribution in [-0.4, -0.2) is 13.2 Å². The lowest BCUT2D eigenvalue weighted by Crippen LogP contribution is -2.30. The normalized spacial score (nSPS) is 30.8. The minimum absolute atomic E-state index is 0.492. The predicted molar refractivity (Wildman–Crippen MR) is 73.8 cm³/mol. The molecule has 0 bridgehead atoms. The van der Waals surface area contributed by atoms with E-state index in [4.69, 9.17) is 4.74 Å². The number of nitrogens with one attached hydrogen (secondary N) is 1. The maximum absolute atomic E-state index is 5.70. The Balaban J connectivity index is 1.60. The number of benzene rings is 1. The molecule has 1 aliphatic carbocycles. The lowest BCUT2D eigenvalue weighted by atomic mass is 9.99. The van der Waals surface area contributed by atoms with Crippen molar-refractivity contribution in [2.24, 2.45) is 11.8 Å². The van der Waals surface area contributed by atoms with Crippen LogP contribution in [0.4, 0.5) is 0 Å². The van der Waals surface area contributed by atoms with Gasteiger partial charge in [0.25, 0.3) is 0 Å². The van der Waals surface area contributed by atoms with Gasteiger partial charge in [0.05, 0.1) is 6.61 Å². The molecule has 1 aromatic rings. The van der Waals surface area contributed by atoms with Crippen molar-refractivity contribution in [2.45, 2.75) is 38.6 Å². The largest absolute Gasteiger partial charge is 0.493 e. The zero-order valence-electron chi connectivity index (χ0n) is 11.2. The highest BCUT2D eigenvalue weighted by molar-refractivity contribution is 5.37. The van der Waals surface area contributed by atoms with Crippen molar-refractivity contribution < 1.29 is 4.74 Å². The van der Waals surface area contributed by atoms with Gasteiger partial charge in [0.2, 0.25) is 0 Å². The van der Waals surface area contributed by atoms with E-state index in [1.54, 1.807) is 0 Å². The third kappa shape index (κ3) is 2.54. The van der Waals surface area contributed by atoms with Gasteiger partial charge < -0.3 is 10.1 Å². The fourth-order valence-corrected chi connectivity index (χ4v) is 3.37. The molecule has 1 saturated carbocycles. The quantitative estimate of drug-likeness (QED) is 0.879. The molecule has 98 valence electrons. The summed E-state index contributed by atoms with van der Waals surface area (Å²) in [6.45, 7) is 4.39. The van der Waals surface area contributed by atoms with Crippen LogP contribution in [0.5, 0.6) is 5.75 Å². The van der Waals surface area contributed by atoms with E-state index in [1.807, 2.05) is 0 Å². The molecular weight excluding hydrogens is 222 g/mol. The van der Waals surface area contributed by atoms with Crippen LogP contribution in [0.1, 0.15) is 44.2 Å². The summed E-state index contributed by atoms with van der Waals surface area (Å²) >= 11 is 0. The molecule has 18 heavy (non-hydrogen) atoms. The Morgan fingerprint density at radius 1 is 1.22 bits per heavy atom. The van der Waals surface area contributed by atoms with Crippen LogP contribution in [0.3, 0.4) is 0 Å². The van der Waals surface area contributed by atoms with Crippen molar-refractivity contribution in [3.63, 3.8) is 0 Å². The van der Waals surface area contributed by atoms with Gasteiger partial charge in [-0.05, 0) is 37.3 Å². The Labute approximate surface area is 110 Å². The maximum atomic E-state index is 5.70. The highest BCUT2D eigenvalue weighted by Gasteiger charge is 2.24. The Kier molecular flexibility index (Phi) is 3.55. The van der Waals surface area contributed by atoms with E-state index >= 15 is 0 Å². The van der Waals surface area contributed by atoms with Gasteiger partial charge in [-0.2, -0.15) is 0 Å². The van der Waals surface area contributed by atoms with E-state index in [0.717, 1.165) is 30.6 Å². The van der Waals surface area contributed by atoms with Crippen molar-refractivity contribution in [3.05, 3.63) is 29.8 Å². The number of ether oxygens (including phenoxy) is 1. The van der Waals surface area contributed by atoms with Crippen molar-refractivity contribution >= 4 is 0 Å². The Morgan fingerprint density at radius 3 is 2.94 bits per heavy atom. The van der Waals surface area contributed by atoms with Gasteiger partial charge in [-0.1, -0.05) is 31.5 Å². The zero-order chi connectivity index (χ0) is 12.4. The number of para-hydroxylation sites is 1. The second kappa shape index (κ2) is 5.31. The molecule has 3 rings (SSSR count). The van der Waals surface area contributed by atoms with Gasteiger partial charge in [0, 0.05) is 18.0 Å². The van der Waals surface area contributed by atoms with Gasteiger partial charge in [0.1, 0.15) is 5.75 Å². The van der Waals surface area contributed by atoms with E-state index in [0.29, 0.717) is 6.04 Å². The zero-order valence-corrected chi connectivity index (χ0v) is 11.2. The first kappa shape index (κ1) is 12.0. The lowest BCUT2D eigenvalue weighted by molar-refractivity contribution is 0.248. The van der Waals surface area contributed by atoms with Gasteiger partial charge in [-0.25, -0.2) is 0 Å². The number of fused-ring (bicyclic) bond motifs is 1. The van der Waals surface area contributed by atoms with Crippen LogP contribution < -0.4 is 10.1 Å². The highest BCUT2D eigenvalue weighted by Crippen LogP contribution is 2.33. The van der Waals surface area contributed by atoms with Crippen LogP contribution in [-0.2, 0) is 0 Å². The topological polar surface area (TPSA) is 21.3 Å². The van der Waals surface area contributed by atoms with Crippen molar-refractivity contribution in [2.75, 3.05) is 13.2 Å². The molecule has 0 aromatic heterocycles. The van der Waals surface area contributed by atoms with Crippen molar-refractivity contribution in [1.29, 1.82) is 0 Å². The van der Waals surface area contributed by atoms with E-state index in [9.17, 15) is 0 Å². The third-order valence-corrected chi connectivity index (χ3v) is 4.41. The summed E-state index contributed by atoms with van der Waals surface area (Å²) in [5.74, 6) is 2.88. The van der Waals surface area contributed by atoms with Crippen LogP contribution in [0.15, 0.2) is 24.3 Å². The average molecular weight is 245 g/mol. The molecule has 1 aliphatic heterocycles. The van der Waals surface area contributed by atoms with Gasteiger partial charge in [-0.15, -0.1) is 0 Å². The summed E-state index contributed by atoms with van der Waals surface area (Å²) in [4.78, 5) is 0. The molecule has 0 saturated heterocycles. The van der Waals surface area contributed by atoms with Gasteiger partial charge in [0.15, 0.2) is 0 Å². The number of hydrogen-bond acceptors (Lipinski definition) is 2. The van der Waals surface area contributed by atoms with Crippen LogP contribution in [0.2, 0.25) is 0 Å². The first-order valence-corrected chi connectivity index (χ1v) is 7.28. The van der Waals surface area contributed by atoms with Gasteiger partial charge in [-0.3, -0.25) is 0 Å². The van der Waals surface area contributed by atoms with Crippen LogP contribution in [0.25, 0.3) is 0 Å². The average Bonchev–Trinajstić information content (AvgIpc) is 2.82. The smallest absolute Gasteiger partial charge is 0.124 e. The number of hydrogen-bond donors (Lipinski definition) is 1. The fraction of sp³-hybridized carbons (Fsp3) is 0.625. The molecule has 1 N–H and O–H groups in total. The van der Waals surface area contributed by atoms with Crippen molar-refractivity contribution in [1.82, 2.24) is 5.32 Å². The van der Waals surface area contributed by atoms with Gasteiger partial charge >= 0.3 is 0 Å². The first-order chi connectivity index (χ1) is 8.83. The third-order valence-electron chi connectivity index (χ3n) is 4.41.